The second-order valence-corrected chi connectivity index (χ2v) is 5.98. The van der Waals surface area contributed by atoms with E-state index in [1.807, 2.05) is 6.92 Å². The van der Waals surface area contributed by atoms with Gasteiger partial charge in [-0.05, 0) is 32.8 Å². The summed E-state index contributed by atoms with van der Waals surface area (Å²) in [6.45, 7) is 6.78. The molecule has 2 heterocycles. The molecule has 8 heteroatoms. The Morgan fingerprint density at radius 3 is 2.48 bits per heavy atom. The van der Waals surface area contributed by atoms with Crippen LogP contribution < -0.4 is 5.32 Å². The summed E-state index contributed by atoms with van der Waals surface area (Å²) in [7, 11) is 0. The van der Waals surface area contributed by atoms with E-state index < -0.39 is 29.7 Å². The highest BCUT2D eigenvalue weighted by Crippen LogP contribution is 2.20. The van der Waals surface area contributed by atoms with Gasteiger partial charge in [0.25, 0.3) is 5.91 Å². The van der Waals surface area contributed by atoms with Gasteiger partial charge < -0.3 is 15.0 Å². The van der Waals surface area contributed by atoms with E-state index in [4.69, 9.17) is 4.74 Å². The monoisotopic (exact) mass is 349 g/mol. The fourth-order valence-corrected chi connectivity index (χ4v) is 2.97. The minimum Gasteiger partial charge on any atom is -0.462 e. The number of carbonyl (C=O) groups is 4. The third-order valence-corrected chi connectivity index (χ3v) is 4.18. The summed E-state index contributed by atoms with van der Waals surface area (Å²) in [6, 6.07) is -1.14. The molecule has 1 fully saturated rings. The number of aromatic nitrogens is 1. The Kier molecular flexibility index (Phi) is 5.61. The van der Waals surface area contributed by atoms with Crippen LogP contribution in [0.3, 0.4) is 0 Å². The van der Waals surface area contributed by atoms with Crippen molar-refractivity contribution in [2.75, 3.05) is 13.2 Å². The van der Waals surface area contributed by atoms with Crippen molar-refractivity contribution in [2.24, 2.45) is 0 Å². The third kappa shape index (κ3) is 3.57. The topological polar surface area (TPSA) is 109 Å². The van der Waals surface area contributed by atoms with E-state index >= 15 is 0 Å². The van der Waals surface area contributed by atoms with Crippen LogP contribution in [-0.2, 0) is 9.53 Å². The molecule has 0 radical (unpaired) electrons. The van der Waals surface area contributed by atoms with Gasteiger partial charge in [0.15, 0.2) is 5.78 Å². The molecule has 1 aromatic rings. The molecule has 0 aromatic carbocycles. The van der Waals surface area contributed by atoms with Gasteiger partial charge in [-0.2, -0.15) is 0 Å². The van der Waals surface area contributed by atoms with Crippen LogP contribution in [0.2, 0.25) is 0 Å². The Labute approximate surface area is 145 Å². The lowest BCUT2D eigenvalue weighted by molar-refractivity contribution is -0.127. The second kappa shape index (κ2) is 7.50. The van der Waals surface area contributed by atoms with E-state index in [1.54, 1.807) is 20.8 Å². The zero-order chi connectivity index (χ0) is 18.7. The molecule has 3 amide bonds. The number of nitrogens with one attached hydrogen (secondary N) is 2. The zero-order valence-electron chi connectivity index (χ0n) is 14.9. The maximum atomic E-state index is 12.6. The first-order chi connectivity index (χ1) is 11.8. The molecule has 1 atom stereocenters. The van der Waals surface area contributed by atoms with Crippen LogP contribution in [0.15, 0.2) is 0 Å². The average molecular weight is 349 g/mol. The van der Waals surface area contributed by atoms with Crippen molar-refractivity contribution in [1.29, 1.82) is 0 Å². The van der Waals surface area contributed by atoms with Crippen LogP contribution in [0.1, 0.15) is 58.8 Å². The Bertz CT molecular complexity index is 722. The molecule has 2 N–H and O–H groups in total. The molecule has 1 aliphatic heterocycles. The molecule has 0 aliphatic carbocycles. The number of Topliss-reactive ketones (excluding diaryl/α,β-unsaturated/α-hetero) is 1. The molecule has 0 bridgehead atoms. The molecular weight excluding hydrogens is 326 g/mol. The van der Waals surface area contributed by atoms with E-state index in [0.29, 0.717) is 23.2 Å². The summed E-state index contributed by atoms with van der Waals surface area (Å²) >= 11 is 0. The number of nitrogens with zero attached hydrogens (tertiary/aromatic N) is 1. The van der Waals surface area contributed by atoms with Gasteiger partial charge >= 0.3 is 12.0 Å². The van der Waals surface area contributed by atoms with Gasteiger partial charge in [-0.1, -0.05) is 13.3 Å². The van der Waals surface area contributed by atoms with Crippen LogP contribution in [0.4, 0.5) is 4.79 Å². The first kappa shape index (κ1) is 18.7. The van der Waals surface area contributed by atoms with Gasteiger partial charge in [0.05, 0.1) is 24.4 Å². The number of H-pyrrole nitrogens is 1. The summed E-state index contributed by atoms with van der Waals surface area (Å²) in [5.74, 6) is -1.34. The van der Waals surface area contributed by atoms with Crippen LogP contribution in [0.5, 0.6) is 0 Å². The molecule has 1 saturated heterocycles. The third-order valence-electron chi connectivity index (χ3n) is 4.18. The summed E-state index contributed by atoms with van der Waals surface area (Å²) in [6.07, 6.45) is 1.28. The molecule has 1 aromatic heterocycles. The highest BCUT2D eigenvalue weighted by Gasteiger charge is 2.38. The van der Waals surface area contributed by atoms with Crippen molar-refractivity contribution >= 4 is 23.7 Å². The Morgan fingerprint density at radius 2 is 1.88 bits per heavy atom. The number of ether oxygens (including phenoxy) is 1. The number of aromatic amines is 1. The van der Waals surface area contributed by atoms with E-state index in [2.05, 4.69) is 10.3 Å². The second-order valence-electron chi connectivity index (χ2n) is 5.98. The molecule has 0 saturated carbocycles. The number of ketones is 1. The molecule has 1 aliphatic rings. The number of amides is 3. The fourth-order valence-electron chi connectivity index (χ4n) is 2.97. The van der Waals surface area contributed by atoms with Crippen molar-refractivity contribution in [1.82, 2.24) is 15.2 Å². The van der Waals surface area contributed by atoms with E-state index in [9.17, 15) is 19.2 Å². The quantitative estimate of drug-likeness (QED) is 0.442. The van der Waals surface area contributed by atoms with Gasteiger partial charge in [0, 0.05) is 5.69 Å². The highest BCUT2D eigenvalue weighted by molar-refractivity contribution is 6.10. The first-order valence-corrected chi connectivity index (χ1v) is 8.33. The van der Waals surface area contributed by atoms with Gasteiger partial charge in [-0.3, -0.25) is 14.5 Å². The normalized spacial score (nSPS) is 17.0. The molecule has 25 heavy (non-hydrogen) atoms. The molecular formula is C17H23N3O5. The van der Waals surface area contributed by atoms with E-state index in [1.165, 1.54) is 0 Å². The summed E-state index contributed by atoms with van der Waals surface area (Å²) in [5.41, 5.74) is 1.49. The fraction of sp³-hybridized carbons (Fsp3) is 0.529. The minimum absolute atomic E-state index is 0.208. The van der Waals surface area contributed by atoms with Gasteiger partial charge in [0.1, 0.15) is 6.04 Å². The molecule has 0 spiro atoms. The first-order valence-electron chi connectivity index (χ1n) is 8.33. The lowest BCUT2D eigenvalue weighted by atomic mass is 10.1. The van der Waals surface area contributed by atoms with Gasteiger partial charge in [-0.25, -0.2) is 9.59 Å². The van der Waals surface area contributed by atoms with E-state index in [-0.39, 0.29) is 18.8 Å². The van der Waals surface area contributed by atoms with Crippen molar-refractivity contribution in [3.05, 3.63) is 22.5 Å². The molecule has 2 rings (SSSR count). The average Bonchev–Trinajstić information content (AvgIpc) is 2.98. The highest BCUT2D eigenvalue weighted by atomic mass is 16.5. The number of carbonyl (C=O) groups excluding carboxylic acids is 4. The number of hydrogen-bond acceptors (Lipinski definition) is 5. The van der Waals surface area contributed by atoms with Crippen molar-refractivity contribution in [3.8, 4) is 0 Å². The lowest BCUT2D eigenvalue weighted by Crippen LogP contribution is -2.36. The molecule has 136 valence electrons. The Balaban J connectivity index is 2.19. The van der Waals surface area contributed by atoms with Crippen molar-refractivity contribution < 1.29 is 23.9 Å². The summed E-state index contributed by atoms with van der Waals surface area (Å²) in [4.78, 5) is 52.5. The van der Waals surface area contributed by atoms with E-state index in [0.717, 1.165) is 11.3 Å². The number of imide groups is 1. The Hall–Kier alpha value is -2.64. The maximum absolute atomic E-state index is 12.6. The number of rotatable bonds is 7. The van der Waals surface area contributed by atoms with Gasteiger partial charge in [-0.15, -0.1) is 0 Å². The zero-order valence-corrected chi connectivity index (χ0v) is 14.9. The standard InChI is InChI=1S/C17H23N3O5/c1-5-7-11-15(22)20(17(24)19-11)8-12(21)14-9(3)13(10(4)18-14)16(23)25-6-2/h11,18H,5-8H2,1-4H3,(H,19,24)/t11-/m0/s1. The lowest BCUT2D eigenvalue weighted by Gasteiger charge is -2.12. The molecule has 8 nitrogen and oxygen atoms in total. The van der Waals surface area contributed by atoms with Gasteiger partial charge in [0.2, 0.25) is 0 Å². The van der Waals surface area contributed by atoms with Crippen LogP contribution in [0, 0.1) is 13.8 Å². The smallest absolute Gasteiger partial charge is 0.340 e. The maximum Gasteiger partial charge on any atom is 0.340 e. The minimum atomic E-state index is -0.577. The summed E-state index contributed by atoms with van der Waals surface area (Å²) in [5, 5.41) is 2.58. The predicted molar refractivity (Wildman–Crippen MR) is 89.5 cm³/mol. The predicted octanol–water partition coefficient (Wildman–Crippen LogP) is 1.71. The SMILES string of the molecule is CCC[C@@H]1NC(=O)N(CC(=O)c2[nH]c(C)c(C(=O)OCC)c2C)C1=O. The number of urea groups is 1. The number of aryl methyl sites for hydroxylation is 1. The largest absolute Gasteiger partial charge is 0.462 e. The van der Waals surface area contributed by atoms with Crippen LogP contribution in [0.25, 0.3) is 0 Å². The Morgan fingerprint density at radius 1 is 1.20 bits per heavy atom. The van der Waals surface area contributed by atoms with Crippen molar-refractivity contribution in [2.45, 2.75) is 46.6 Å². The van der Waals surface area contributed by atoms with Crippen molar-refractivity contribution in [3.63, 3.8) is 0 Å². The molecule has 0 unspecified atom stereocenters. The summed E-state index contributed by atoms with van der Waals surface area (Å²) < 4.78 is 4.99. The number of esters is 1. The number of hydrogen-bond donors (Lipinski definition) is 2. The van der Waals surface area contributed by atoms with Crippen LogP contribution in [-0.4, -0.2) is 52.8 Å². The van der Waals surface area contributed by atoms with Crippen LogP contribution >= 0.6 is 0 Å².